The zero-order valence-electron chi connectivity index (χ0n) is 5.74. The van der Waals surface area contributed by atoms with E-state index in [1.165, 1.54) is 0 Å². The summed E-state index contributed by atoms with van der Waals surface area (Å²) in [7, 11) is 0. The molecule has 1 aliphatic heterocycles. The minimum absolute atomic E-state index is 0.181. The van der Waals surface area contributed by atoms with E-state index in [4.69, 9.17) is 5.73 Å². The number of nitrogens with one attached hydrogen (secondary N) is 1. The molecule has 0 aliphatic carbocycles. The lowest BCUT2D eigenvalue weighted by atomic mass is 10.1. The molecule has 60 valence electrons. The lowest BCUT2D eigenvalue weighted by Gasteiger charge is -2.14. The van der Waals surface area contributed by atoms with Gasteiger partial charge in [-0.15, -0.1) is 0 Å². The SMILES string of the molecule is NC1CCNCC(F)(F)C1. The summed E-state index contributed by atoms with van der Waals surface area (Å²) in [5, 5.41) is 2.64. The van der Waals surface area contributed by atoms with E-state index in [9.17, 15) is 8.78 Å². The topological polar surface area (TPSA) is 38.0 Å². The minimum Gasteiger partial charge on any atom is -0.327 e. The van der Waals surface area contributed by atoms with E-state index in [0.717, 1.165) is 0 Å². The Kier molecular flexibility index (Phi) is 2.21. The monoisotopic (exact) mass is 150 g/mol. The van der Waals surface area contributed by atoms with Crippen molar-refractivity contribution in [3.05, 3.63) is 0 Å². The molecule has 0 amide bonds. The number of nitrogens with two attached hydrogens (primary N) is 1. The van der Waals surface area contributed by atoms with Crippen LogP contribution in [0.3, 0.4) is 0 Å². The third kappa shape index (κ3) is 2.19. The molecule has 1 fully saturated rings. The van der Waals surface area contributed by atoms with Gasteiger partial charge in [-0.2, -0.15) is 0 Å². The van der Waals surface area contributed by atoms with E-state index in [0.29, 0.717) is 13.0 Å². The highest BCUT2D eigenvalue weighted by molar-refractivity contribution is 4.80. The molecule has 3 N–H and O–H groups in total. The molecule has 1 saturated heterocycles. The molecular formula is C6H12F2N2. The fraction of sp³-hybridized carbons (Fsp3) is 1.00. The van der Waals surface area contributed by atoms with Crippen molar-refractivity contribution in [3.8, 4) is 0 Å². The van der Waals surface area contributed by atoms with Crippen LogP contribution in [-0.2, 0) is 0 Å². The summed E-state index contributed by atoms with van der Waals surface area (Å²) in [5.74, 6) is -2.60. The van der Waals surface area contributed by atoms with Gasteiger partial charge in [0.15, 0.2) is 0 Å². The first kappa shape index (κ1) is 7.88. The van der Waals surface area contributed by atoms with Crippen molar-refractivity contribution in [2.45, 2.75) is 24.8 Å². The summed E-state index contributed by atoms with van der Waals surface area (Å²) < 4.78 is 25.1. The molecule has 0 aromatic rings. The van der Waals surface area contributed by atoms with Crippen LogP contribution < -0.4 is 11.1 Å². The van der Waals surface area contributed by atoms with Crippen molar-refractivity contribution in [1.82, 2.24) is 5.32 Å². The Morgan fingerprint density at radius 2 is 2.20 bits per heavy atom. The Labute approximate surface area is 58.8 Å². The van der Waals surface area contributed by atoms with E-state index in [-0.39, 0.29) is 19.0 Å². The molecule has 1 heterocycles. The van der Waals surface area contributed by atoms with Gasteiger partial charge < -0.3 is 11.1 Å². The zero-order valence-corrected chi connectivity index (χ0v) is 5.74. The molecule has 10 heavy (non-hydrogen) atoms. The number of rotatable bonds is 0. The maximum Gasteiger partial charge on any atom is 0.261 e. The second-order valence-electron chi connectivity index (χ2n) is 2.79. The fourth-order valence-electron chi connectivity index (χ4n) is 1.12. The van der Waals surface area contributed by atoms with Gasteiger partial charge in [-0.1, -0.05) is 0 Å². The molecule has 0 aromatic carbocycles. The van der Waals surface area contributed by atoms with Gasteiger partial charge >= 0.3 is 0 Å². The fourth-order valence-corrected chi connectivity index (χ4v) is 1.12. The quantitative estimate of drug-likeness (QED) is 0.522. The summed E-state index contributed by atoms with van der Waals surface area (Å²) in [4.78, 5) is 0. The molecule has 0 spiro atoms. The first-order valence-electron chi connectivity index (χ1n) is 3.44. The number of hydrogen-bond acceptors (Lipinski definition) is 2. The van der Waals surface area contributed by atoms with Gasteiger partial charge in [-0.3, -0.25) is 0 Å². The van der Waals surface area contributed by atoms with Crippen molar-refractivity contribution in [2.24, 2.45) is 5.73 Å². The van der Waals surface area contributed by atoms with Gasteiger partial charge in [0.2, 0.25) is 0 Å². The molecule has 0 radical (unpaired) electrons. The molecule has 1 rings (SSSR count). The Bertz CT molecular complexity index is 116. The average molecular weight is 150 g/mol. The molecule has 0 bridgehead atoms. The number of alkyl halides is 2. The van der Waals surface area contributed by atoms with Gasteiger partial charge in [-0.05, 0) is 13.0 Å². The predicted molar refractivity (Wildman–Crippen MR) is 35.0 cm³/mol. The molecule has 0 saturated carbocycles. The summed E-state index contributed by atoms with van der Waals surface area (Å²) in [6.45, 7) is 0.386. The lowest BCUT2D eigenvalue weighted by molar-refractivity contribution is -0.00527. The molecule has 0 aromatic heterocycles. The first-order valence-corrected chi connectivity index (χ1v) is 3.44. The third-order valence-electron chi connectivity index (χ3n) is 1.64. The van der Waals surface area contributed by atoms with Crippen LogP contribution in [0.1, 0.15) is 12.8 Å². The van der Waals surface area contributed by atoms with E-state index < -0.39 is 5.92 Å². The van der Waals surface area contributed by atoms with Crippen LogP contribution >= 0.6 is 0 Å². The van der Waals surface area contributed by atoms with Gasteiger partial charge in [0.25, 0.3) is 5.92 Å². The second-order valence-corrected chi connectivity index (χ2v) is 2.79. The summed E-state index contributed by atoms with van der Waals surface area (Å²) >= 11 is 0. The normalized spacial score (nSPS) is 33.3. The van der Waals surface area contributed by atoms with Crippen molar-refractivity contribution in [3.63, 3.8) is 0 Å². The van der Waals surface area contributed by atoms with Crippen LogP contribution in [0.25, 0.3) is 0 Å². The first-order chi connectivity index (χ1) is 4.60. The highest BCUT2D eigenvalue weighted by atomic mass is 19.3. The maximum atomic E-state index is 12.6. The summed E-state index contributed by atoms with van der Waals surface area (Å²) in [5.41, 5.74) is 5.39. The Morgan fingerprint density at radius 1 is 1.50 bits per heavy atom. The van der Waals surface area contributed by atoms with Crippen LogP contribution in [0.2, 0.25) is 0 Å². The van der Waals surface area contributed by atoms with E-state index in [1.54, 1.807) is 0 Å². The van der Waals surface area contributed by atoms with Gasteiger partial charge in [0.1, 0.15) is 0 Å². The van der Waals surface area contributed by atoms with E-state index in [1.807, 2.05) is 0 Å². The average Bonchev–Trinajstić information content (AvgIpc) is 1.90. The third-order valence-corrected chi connectivity index (χ3v) is 1.64. The number of hydrogen-bond donors (Lipinski definition) is 2. The standard InChI is InChI=1S/C6H12F2N2/c7-6(8)3-5(9)1-2-10-4-6/h5,10H,1-4,9H2. The highest BCUT2D eigenvalue weighted by Crippen LogP contribution is 2.21. The Morgan fingerprint density at radius 3 is 2.90 bits per heavy atom. The molecular weight excluding hydrogens is 138 g/mol. The van der Waals surface area contributed by atoms with Gasteiger partial charge in [0, 0.05) is 12.5 Å². The second kappa shape index (κ2) is 2.80. The van der Waals surface area contributed by atoms with Crippen LogP contribution in [-0.4, -0.2) is 25.1 Å². The van der Waals surface area contributed by atoms with Crippen molar-refractivity contribution in [1.29, 1.82) is 0 Å². The van der Waals surface area contributed by atoms with Crippen molar-refractivity contribution in [2.75, 3.05) is 13.1 Å². The van der Waals surface area contributed by atoms with Crippen molar-refractivity contribution >= 4 is 0 Å². The highest BCUT2D eigenvalue weighted by Gasteiger charge is 2.32. The lowest BCUT2D eigenvalue weighted by Crippen LogP contribution is -2.32. The predicted octanol–water partition coefficient (Wildman–Crippen LogP) is 0.332. The largest absolute Gasteiger partial charge is 0.327 e. The van der Waals surface area contributed by atoms with E-state index in [2.05, 4.69) is 5.32 Å². The zero-order chi connectivity index (χ0) is 7.61. The van der Waals surface area contributed by atoms with Crippen LogP contribution in [0.15, 0.2) is 0 Å². The summed E-state index contributed by atoms with van der Waals surface area (Å²) in [6, 6.07) is -0.343. The van der Waals surface area contributed by atoms with Crippen LogP contribution in [0, 0.1) is 0 Å². The minimum atomic E-state index is -2.60. The number of halogens is 2. The smallest absolute Gasteiger partial charge is 0.261 e. The molecule has 1 aliphatic rings. The summed E-state index contributed by atoms with van der Waals surface area (Å²) in [6.07, 6.45) is 0.468. The molecule has 1 atom stereocenters. The van der Waals surface area contributed by atoms with E-state index >= 15 is 0 Å². The van der Waals surface area contributed by atoms with Crippen LogP contribution in [0.4, 0.5) is 8.78 Å². The molecule has 4 heteroatoms. The van der Waals surface area contributed by atoms with Gasteiger partial charge in [0.05, 0.1) is 6.54 Å². The van der Waals surface area contributed by atoms with Gasteiger partial charge in [-0.25, -0.2) is 8.78 Å². The Balaban J connectivity index is 2.46. The molecule has 2 nitrogen and oxygen atoms in total. The molecule has 1 unspecified atom stereocenters. The van der Waals surface area contributed by atoms with Crippen molar-refractivity contribution < 1.29 is 8.78 Å². The Hall–Kier alpha value is -0.220. The maximum absolute atomic E-state index is 12.6. The van der Waals surface area contributed by atoms with Crippen LogP contribution in [0.5, 0.6) is 0 Å².